The van der Waals surface area contributed by atoms with Crippen LogP contribution in [0.5, 0.6) is 0 Å². The van der Waals surface area contributed by atoms with Crippen LogP contribution in [0.25, 0.3) is 11.1 Å². The number of benzene rings is 2. The van der Waals surface area contributed by atoms with Crippen molar-refractivity contribution in [3.05, 3.63) is 89.7 Å². The highest BCUT2D eigenvalue weighted by Gasteiger charge is 2.18. The van der Waals surface area contributed by atoms with Gasteiger partial charge in [-0.05, 0) is 35.4 Å². The van der Waals surface area contributed by atoms with E-state index in [9.17, 15) is 19.5 Å². The van der Waals surface area contributed by atoms with E-state index in [-0.39, 0.29) is 11.1 Å². The van der Waals surface area contributed by atoms with E-state index >= 15 is 0 Å². The van der Waals surface area contributed by atoms with Gasteiger partial charge in [-0.25, -0.2) is 4.79 Å². The normalized spacial score (nSPS) is 10.1. The maximum Gasteiger partial charge on any atom is 0.336 e. The lowest BCUT2D eigenvalue weighted by Crippen LogP contribution is -2.41. The molecule has 0 saturated carbocycles. The summed E-state index contributed by atoms with van der Waals surface area (Å²) in [6.07, 6.45) is 2.93. The minimum Gasteiger partial charge on any atom is -0.478 e. The Kier molecular flexibility index (Phi) is 5.22. The first-order chi connectivity index (χ1) is 13.1. The Morgan fingerprint density at radius 3 is 1.85 bits per heavy atom. The maximum absolute atomic E-state index is 12.6. The molecule has 0 saturated heterocycles. The quantitative estimate of drug-likeness (QED) is 0.619. The molecule has 1 heterocycles. The SMILES string of the molecule is O=C(NNC(=O)c1ccccc1-c1ccccc1C(=O)O)c1ccncc1. The number of hydrogen-bond donors (Lipinski definition) is 3. The fraction of sp³-hybridized carbons (Fsp3) is 0. The van der Waals surface area contributed by atoms with Gasteiger partial charge >= 0.3 is 5.97 Å². The number of hydrogen-bond acceptors (Lipinski definition) is 4. The number of nitrogens with zero attached hydrogens (tertiary/aromatic N) is 1. The molecule has 0 spiro atoms. The highest BCUT2D eigenvalue weighted by atomic mass is 16.4. The molecule has 2 amide bonds. The number of nitrogens with one attached hydrogen (secondary N) is 2. The van der Waals surface area contributed by atoms with Crippen LogP contribution in [-0.2, 0) is 0 Å². The van der Waals surface area contributed by atoms with E-state index in [0.29, 0.717) is 16.7 Å². The third kappa shape index (κ3) is 3.98. The predicted octanol–water partition coefficient (Wildman–Crippen LogP) is 2.52. The summed E-state index contributed by atoms with van der Waals surface area (Å²) in [5.41, 5.74) is 6.21. The van der Waals surface area contributed by atoms with Gasteiger partial charge in [0.1, 0.15) is 0 Å². The lowest BCUT2D eigenvalue weighted by Gasteiger charge is -2.13. The number of carboxylic acid groups (broad SMARTS) is 1. The fourth-order valence-electron chi connectivity index (χ4n) is 2.58. The van der Waals surface area contributed by atoms with Crippen LogP contribution < -0.4 is 10.9 Å². The van der Waals surface area contributed by atoms with Gasteiger partial charge in [-0.2, -0.15) is 0 Å². The van der Waals surface area contributed by atoms with E-state index in [1.165, 1.54) is 30.6 Å². The molecule has 0 bridgehead atoms. The second kappa shape index (κ2) is 7.92. The Morgan fingerprint density at radius 1 is 0.704 bits per heavy atom. The van der Waals surface area contributed by atoms with E-state index in [2.05, 4.69) is 15.8 Å². The van der Waals surface area contributed by atoms with Crippen LogP contribution in [0.4, 0.5) is 0 Å². The van der Waals surface area contributed by atoms with Gasteiger partial charge in [0, 0.05) is 23.5 Å². The van der Waals surface area contributed by atoms with Gasteiger partial charge in [0.15, 0.2) is 0 Å². The average molecular weight is 361 g/mol. The van der Waals surface area contributed by atoms with Crippen LogP contribution in [0, 0.1) is 0 Å². The fourth-order valence-corrected chi connectivity index (χ4v) is 2.58. The smallest absolute Gasteiger partial charge is 0.336 e. The molecule has 0 unspecified atom stereocenters. The van der Waals surface area contributed by atoms with Crippen LogP contribution >= 0.6 is 0 Å². The van der Waals surface area contributed by atoms with E-state index in [4.69, 9.17) is 0 Å². The molecular weight excluding hydrogens is 346 g/mol. The van der Waals surface area contributed by atoms with Gasteiger partial charge in [0.25, 0.3) is 11.8 Å². The number of hydrazine groups is 1. The summed E-state index contributed by atoms with van der Waals surface area (Å²) < 4.78 is 0. The highest BCUT2D eigenvalue weighted by Crippen LogP contribution is 2.27. The number of aromatic carboxylic acids is 1. The van der Waals surface area contributed by atoms with Gasteiger partial charge in [-0.1, -0.05) is 36.4 Å². The third-order valence-electron chi connectivity index (χ3n) is 3.85. The Bertz CT molecular complexity index is 1000. The molecule has 7 heteroatoms. The van der Waals surface area contributed by atoms with Crippen molar-refractivity contribution in [3.8, 4) is 11.1 Å². The molecule has 0 radical (unpaired) electrons. The van der Waals surface area contributed by atoms with Crippen molar-refractivity contribution in [1.29, 1.82) is 0 Å². The summed E-state index contributed by atoms with van der Waals surface area (Å²) in [6.45, 7) is 0. The molecule has 134 valence electrons. The number of carbonyl (C=O) groups excluding carboxylic acids is 2. The summed E-state index contributed by atoms with van der Waals surface area (Å²) >= 11 is 0. The molecule has 0 fully saturated rings. The lowest BCUT2D eigenvalue weighted by atomic mass is 9.95. The van der Waals surface area contributed by atoms with Crippen molar-refractivity contribution in [2.45, 2.75) is 0 Å². The zero-order valence-electron chi connectivity index (χ0n) is 14.0. The minimum atomic E-state index is -1.09. The molecule has 3 N–H and O–H groups in total. The highest BCUT2D eigenvalue weighted by molar-refractivity contribution is 6.05. The molecule has 0 aliphatic rings. The standard InChI is InChI=1S/C20H15N3O4/c24-18(13-9-11-21-12-10-13)22-23-19(25)16-7-3-1-5-14(16)15-6-2-4-8-17(15)20(26)27/h1-12H,(H,22,24)(H,23,25)(H,26,27). The molecule has 0 aliphatic heterocycles. The van der Waals surface area contributed by atoms with E-state index in [1.54, 1.807) is 42.5 Å². The summed E-state index contributed by atoms with van der Waals surface area (Å²) in [6, 6.07) is 16.0. The van der Waals surface area contributed by atoms with E-state index in [1.807, 2.05) is 0 Å². The van der Waals surface area contributed by atoms with Crippen molar-refractivity contribution in [3.63, 3.8) is 0 Å². The number of amides is 2. The Labute approximate surface area is 154 Å². The predicted molar refractivity (Wildman–Crippen MR) is 98.0 cm³/mol. The number of pyridine rings is 1. The van der Waals surface area contributed by atoms with Crippen molar-refractivity contribution in [1.82, 2.24) is 15.8 Å². The van der Waals surface area contributed by atoms with E-state index in [0.717, 1.165) is 0 Å². The van der Waals surface area contributed by atoms with Crippen LogP contribution in [-0.4, -0.2) is 27.9 Å². The Morgan fingerprint density at radius 2 is 1.22 bits per heavy atom. The van der Waals surface area contributed by atoms with Crippen molar-refractivity contribution < 1.29 is 19.5 Å². The number of rotatable bonds is 4. The molecular formula is C20H15N3O4. The van der Waals surface area contributed by atoms with Crippen molar-refractivity contribution >= 4 is 17.8 Å². The Balaban J connectivity index is 1.85. The van der Waals surface area contributed by atoms with Gasteiger partial charge in [0.05, 0.1) is 5.56 Å². The van der Waals surface area contributed by atoms with Gasteiger partial charge in [-0.3, -0.25) is 25.4 Å². The minimum absolute atomic E-state index is 0.0820. The second-order valence-electron chi connectivity index (χ2n) is 5.54. The molecule has 1 aromatic heterocycles. The summed E-state index contributed by atoms with van der Waals surface area (Å²) in [5.74, 6) is -2.14. The van der Waals surface area contributed by atoms with Gasteiger partial charge in [0.2, 0.25) is 0 Å². The van der Waals surface area contributed by atoms with Crippen molar-refractivity contribution in [2.75, 3.05) is 0 Å². The zero-order chi connectivity index (χ0) is 19.2. The monoisotopic (exact) mass is 361 g/mol. The Hall–Kier alpha value is -4.00. The molecule has 0 atom stereocenters. The zero-order valence-corrected chi connectivity index (χ0v) is 14.0. The first-order valence-electron chi connectivity index (χ1n) is 8.00. The largest absolute Gasteiger partial charge is 0.478 e. The number of carbonyl (C=O) groups is 3. The molecule has 3 aromatic rings. The molecule has 7 nitrogen and oxygen atoms in total. The first kappa shape index (κ1) is 17.8. The topological polar surface area (TPSA) is 108 Å². The number of carboxylic acids is 1. The third-order valence-corrected chi connectivity index (χ3v) is 3.85. The summed E-state index contributed by atoms with van der Waals surface area (Å²) in [7, 11) is 0. The van der Waals surface area contributed by atoms with Crippen LogP contribution in [0.3, 0.4) is 0 Å². The lowest BCUT2D eigenvalue weighted by molar-refractivity contribution is 0.0697. The number of aromatic nitrogens is 1. The summed E-state index contributed by atoms with van der Waals surface area (Å²) in [4.78, 5) is 39.9. The van der Waals surface area contributed by atoms with Crippen LogP contribution in [0.1, 0.15) is 31.1 Å². The van der Waals surface area contributed by atoms with Gasteiger partial charge in [-0.15, -0.1) is 0 Å². The second-order valence-corrected chi connectivity index (χ2v) is 5.54. The van der Waals surface area contributed by atoms with Gasteiger partial charge < -0.3 is 5.11 Å². The van der Waals surface area contributed by atoms with E-state index < -0.39 is 17.8 Å². The average Bonchev–Trinajstić information content (AvgIpc) is 2.72. The van der Waals surface area contributed by atoms with Crippen molar-refractivity contribution in [2.24, 2.45) is 0 Å². The molecule has 0 aliphatic carbocycles. The molecule has 3 rings (SSSR count). The summed E-state index contributed by atoms with van der Waals surface area (Å²) in [5, 5.41) is 9.40. The van der Waals surface area contributed by atoms with Crippen LogP contribution in [0.2, 0.25) is 0 Å². The molecule has 2 aromatic carbocycles. The van der Waals surface area contributed by atoms with Crippen LogP contribution in [0.15, 0.2) is 73.1 Å². The molecule has 27 heavy (non-hydrogen) atoms. The first-order valence-corrected chi connectivity index (χ1v) is 8.00. The maximum atomic E-state index is 12.6.